The lowest BCUT2D eigenvalue weighted by atomic mass is 10.2. The van der Waals surface area contributed by atoms with Gasteiger partial charge in [-0.25, -0.2) is 4.98 Å². The molecule has 20 heavy (non-hydrogen) atoms. The van der Waals surface area contributed by atoms with E-state index in [0.29, 0.717) is 17.0 Å². The average molecular weight is 277 g/mol. The summed E-state index contributed by atoms with van der Waals surface area (Å²) < 4.78 is 6.70. The quantitative estimate of drug-likeness (QED) is 0.872. The van der Waals surface area contributed by atoms with Gasteiger partial charge in [-0.05, 0) is 26.8 Å². The average Bonchev–Trinajstić information content (AvgIpc) is 2.71. The topological polar surface area (TPSA) is 95.1 Å². The fourth-order valence-corrected chi connectivity index (χ4v) is 1.99. The number of ether oxygens (including phenoxy) is 1. The van der Waals surface area contributed by atoms with E-state index < -0.39 is 6.04 Å². The third-order valence-corrected chi connectivity index (χ3v) is 2.95. The number of pyridine rings is 1. The van der Waals surface area contributed by atoms with Crippen LogP contribution in [0.3, 0.4) is 0 Å². The summed E-state index contributed by atoms with van der Waals surface area (Å²) in [5.74, 6) is 0.581. The van der Waals surface area contributed by atoms with Crippen molar-refractivity contribution in [3.8, 4) is 5.88 Å². The maximum absolute atomic E-state index is 12.1. The molecule has 2 aromatic rings. The number of carbonyl (C=O) groups excluding carboxylic acids is 1. The molecule has 0 aliphatic rings. The summed E-state index contributed by atoms with van der Waals surface area (Å²) in [5, 5.41) is 2.85. The van der Waals surface area contributed by atoms with Crippen LogP contribution in [0.15, 0.2) is 12.1 Å². The summed E-state index contributed by atoms with van der Waals surface area (Å²) in [5.41, 5.74) is 7.07. The van der Waals surface area contributed by atoms with Crippen LogP contribution in [0.4, 0.5) is 5.95 Å². The number of methoxy groups -OCH3 is 1. The number of amides is 1. The van der Waals surface area contributed by atoms with Gasteiger partial charge in [0.25, 0.3) is 0 Å². The van der Waals surface area contributed by atoms with Gasteiger partial charge in [-0.15, -0.1) is 0 Å². The molecule has 0 bridgehead atoms. The van der Waals surface area contributed by atoms with E-state index in [-0.39, 0.29) is 17.9 Å². The van der Waals surface area contributed by atoms with Gasteiger partial charge in [-0.2, -0.15) is 4.98 Å². The Balaban J connectivity index is 2.46. The molecule has 108 valence electrons. The van der Waals surface area contributed by atoms with Crippen molar-refractivity contribution in [2.45, 2.75) is 32.9 Å². The predicted molar refractivity (Wildman–Crippen MR) is 76.5 cm³/mol. The van der Waals surface area contributed by atoms with Crippen LogP contribution in [0.1, 0.15) is 26.8 Å². The number of nitrogens with zero attached hydrogens (tertiary/aromatic N) is 3. The summed E-state index contributed by atoms with van der Waals surface area (Å²) in [6.45, 7) is 5.57. The number of rotatable bonds is 4. The molecule has 0 saturated carbocycles. The molecule has 2 aromatic heterocycles. The van der Waals surface area contributed by atoms with E-state index in [1.54, 1.807) is 23.6 Å². The Morgan fingerprint density at radius 2 is 2.05 bits per heavy atom. The van der Waals surface area contributed by atoms with Crippen molar-refractivity contribution in [1.82, 2.24) is 19.9 Å². The Labute approximate surface area is 117 Å². The summed E-state index contributed by atoms with van der Waals surface area (Å²) in [4.78, 5) is 20.7. The molecule has 7 nitrogen and oxygen atoms in total. The molecule has 1 unspecified atom stereocenters. The number of fused-ring (bicyclic) bond motifs is 1. The summed E-state index contributed by atoms with van der Waals surface area (Å²) in [7, 11) is 1.53. The van der Waals surface area contributed by atoms with Crippen molar-refractivity contribution in [2.75, 3.05) is 12.8 Å². The largest absolute Gasteiger partial charge is 0.481 e. The molecule has 0 saturated heterocycles. The van der Waals surface area contributed by atoms with Crippen LogP contribution in [0, 0.1) is 0 Å². The Bertz CT molecular complexity index is 635. The van der Waals surface area contributed by atoms with Crippen LogP contribution in [-0.4, -0.2) is 33.6 Å². The molecule has 3 N–H and O–H groups in total. The first-order chi connectivity index (χ1) is 9.43. The van der Waals surface area contributed by atoms with Crippen LogP contribution in [0.2, 0.25) is 0 Å². The highest BCUT2D eigenvalue weighted by Crippen LogP contribution is 2.23. The fraction of sp³-hybridized carbons (Fsp3) is 0.462. The number of anilines is 1. The van der Waals surface area contributed by atoms with Crippen molar-refractivity contribution in [3.63, 3.8) is 0 Å². The van der Waals surface area contributed by atoms with Gasteiger partial charge >= 0.3 is 0 Å². The minimum Gasteiger partial charge on any atom is -0.481 e. The third kappa shape index (κ3) is 2.52. The third-order valence-electron chi connectivity index (χ3n) is 2.95. The molecule has 1 atom stereocenters. The van der Waals surface area contributed by atoms with E-state index in [1.165, 1.54) is 7.11 Å². The predicted octanol–water partition coefficient (Wildman–Crippen LogP) is 1.11. The van der Waals surface area contributed by atoms with Gasteiger partial charge in [0, 0.05) is 12.1 Å². The molecule has 0 aliphatic heterocycles. The first-order valence-electron chi connectivity index (χ1n) is 6.43. The molecular formula is C13H19N5O2. The first kappa shape index (κ1) is 14.1. The van der Waals surface area contributed by atoms with Crippen molar-refractivity contribution >= 4 is 23.0 Å². The van der Waals surface area contributed by atoms with Crippen molar-refractivity contribution in [2.24, 2.45) is 0 Å². The highest BCUT2D eigenvalue weighted by atomic mass is 16.5. The van der Waals surface area contributed by atoms with Gasteiger partial charge in [-0.3, -0.25) is 9.36 Å². The van der Waals surface area contributed by atoms with Gasteiger partial charge < -0.3 is 15.8 Å². The van der Waals surface area contributed by atoms with Crippen molar-refractivity contribution in [1.29, 1.82) is 0 Å². The van der Waals surface area contributed by atoms with Crippen LogP contribution in [-0.2, 0) is 4.79 Å². The molecule has 0 aromatic carbocycles. The monoisotopic (exact) mass is 277 g/mol. The van der Waals surface area contributed by atoms with Gasteiger partial charge in [0.15, 0.2) is 5.65 Å². The Morgan fingerprint density at radius 3 is 2.65 bits per heavy atom. The standard InChI is InChI=1S/C13H19N5O2/c1-7(2)15-12(19)8(3)18-11-9(16-13(18)14)5-6-10(17-11)20-4/h5-8H,1-4H3,(H2,14,16)(H,15,19). The molecule has 0 radical (unpaired) electrons. The number of hydrogen-bond acceptors (Lipinski definition) is 5. The lowest BCUT2D eigenvalue weighted by Gasteiger charge is -2.17. The van der Waals surface area contributed by atoms with Crippen molar-refractivity contribution in [3.05, 3.63) is 12.1 Å². The SMILES string of the molecule is COc1ccc2nc(N)n(C(C)C(=O)NC(C)C)c2n1. The number of imidazole rings is 1. The maximum atomic E-state index is 12.1. The Morgan fingerprint density at radius 1 is 1.35 bits per heavy atom. The molecule has 7 heteroatoms. The van der Waals surface area contributed by atoms with E-state index in [0.717, 1.165) is 0 Å². The zero-order chi connectivity index (χ0) is 14.9. The maximum Gasteiger partial charge on any atom is 0.243 e. The number of nitrogen functional groups attached to an aromatic ring is 1. The van der Waals surface area contributed by atoms with E-state index in [9.17, 15) is 4.79 Å². The molecule has 2 rings (SSSR count). The molecular weight excluding hydrogens is 258 g/mol. The lowest BCUT2D eigenvalue weighted by Crippen LogP contribution is -2.36. The number of aromatic nitrogens is 3. The van der Waals surface area contributed by atoms with Crippen molar-refractivity contribution < 1.29 is 9.53 Å². The molecule has 2 heterocycles. The van der Waals surface area contributed by atoms with Crippen LogP contribution >= 0.6 is 0 Å². The molecule has 0 fully saturated rings. The van der Waals surface area contributed by atoms with E-state index in [2.05, 4.69) is 15.3 Å². The first-order valence-corrected chi connectivity index (χ1v) is 6.43. The highest BCUT2D eigenvalue weighted by Gasteiger charge is 2.22. The van der Waals surface area contributed by atoms with Gasteiger partial charge in [0.2, 0.25) is 17.7 Å². The zero-order valence-corrected chi connectivity index (χ0v) is 12.0. The van der Waals surface area contributed by atoms with E-state index in [1.807, 2.05) is 13.8 Å². The van der Waals surface area contributed by atoms with E-state index in [4.69, 9.17) is 10.5 Å². The Kier molecular flexibility index (Phi) is 3.78. The minimum absolute atomic E-state index is 0.0588. The Hall–Kier alpha value is -2.31. The second kappa shape index (κ2) is 5.36. The minimum atomic E-state index is -0.498. The zero-order valence-electron chi connectivity index (χ0n) is 12.0. The fourth-order valence-electron chi connectivity index (χ4n) is 1.99. The van der Waals surface area contributed by atoms with Gasteiger partial charge in [0.1, 0.15) is 11.6 Å². The lowest BCUT2D eigenvalue weighted by molar-refractivity contribution is -0.124. The molecule has 0 spiro atoms. The molecule has 1 amide bonds. The number of nitrogens with two attached hydrogens (primary N) is 1. The summed E-state index contributed by atoms with van der Waals surface area (Å²) in [6.07, 6.45) is 0. The number of hydrogen-bond donors (Lipinski definition) is 2. The summed E-state index contributed by atoms with van der Waals surface area (Å²) in [6, 6.07) is 3.03. The summed E-state index contributed by atoms with van der Waals surface area (Å²) >= 11 is 0. The molecule has 0 aliphatic carbocycles. The number of carbonyl (C=O) groups is 1. The highest BCUT2D eigenvalue weighted by molar-refractivity contribution is 5.84. The van der Waals surface area contributed by atoms with Crippen LogP contribution < -0.4 is 15.8 Å². The normalized spacial score (nSPS) is 12.7. The van der Waals surface area contributed by atoms with Crippen LogP contribution in [0.25, 0.3) is 11.2 Å². The smallest absolute Gasteiger partial charge is 0.243 e. The number of nitrogens with one attached hydrogen (secondary N) is 1. The second-order valence-electron chi connectivity index (χ2n) is 4.88. The van der Waals surface area contributed by atoms with Crippen LogP contribution in [0.5, 0.6) is 5.88 Å². The second-order valence-corrected chi connectivity index (χ2v) is 4.88. The van der Waals surface area contributed by atoms with E-state index >= 15 is 0 Å². The van der Waals surface area contributed by atoms with Gasteiger partial charge in [0.05, 0.1) is 7.11 Å². The van der Waals surface area contributed by atoms with Gasteiger partial charge in [-0.1, -0.05) is 0 Å².